The normalized spacial score (nSPS) is 29.3. The van der Waals surface area contributed by atoms with E-state index in [1.165, 1.54) is 15.7 Å². The molecule has 12 heteroatoms. The van der Waals surface area contributed by atoms with Crippen LogP contribution in [0.25, 0.3) is 0 Å². The molecule has 2 rings (SSSR count). The van der Waals surface area contributed by atoms with Gasteiger partial charge in [0.05, 0.1) is 13.2 Å². The van der Waals surface area contributed by atoms with Gasteiger partial charge in [0.15, 0.2) is 23.8 Å². The molecule has 4 atom stereocenters. The molecule has 0 aromatic heterocycles. The second-order valence-electron chi connectivity index (χ2n) is 4.85. The molecule has 0 aromatic rings. The standard InChI is InChI=1S/C10H14B2N2O8/c11-7(15)13-9(17)21-3-1-19-6-4(2-20-5(3)6)22-10(18)14-8(12)16/h3-6H,1-2,11-12H2,(H,13,15,17)(H,14,16,18)/t3-,4+,5-,6-/m1/s1. The molecular weight excluding hydrogens is 298 g/mol. The van der Waals surface area contributed by atoms with Gasteiger partial charge in [-0.25, -0.2) is 9.59 Å². The Labute approximate surface area is 127 Å². The Kier molecular flexibility index (Phi) is 5.03. The molecule has 0 unspecified atom stereocenters. The first-order chi connectivity index (χ1) is 10.4. The molecule has 0 saturated carbocycles. The number of alkyl carbamates (subject to hydrolysis) is 2. The molecule has 2 N–H and O–H groups in total. The van der Waals surface area contributed by atoms with E-state index in [9.17, 15) is 19.2 Å². The van der Waals surface area contributed by atoms with E-state index < -0.39 is 48.2 Å². The van der Waals surface area contributed by atoms with E-state index in [1.807, 2.05) is 10.6 Å². The van der Waals surface area contributed by atoms with Crippen molar-refractivity contribution in [3.8, 4) is 0 Å². The van der Waals surface area contributed by atoms with Gasteiger partial charge in [0.25, 0.3) is 0 Å². The van der Waals surface area contributed by atoms with E-state index in [1.54, 1.807) is 0 Å². The number of carbonyl (C=O) groups is 4. The molecule has 22 heavy (non-hydrogen) atoms. The highest BCUT2D eigenvalue weighted by molar-refractivity contribution is 6.58. The maximum absolute atomic E-state index is 11.4. The van der Waals surface area contributed by atoms with Gasteiger partial charge >= 0.3 is 12.2 Å². The lowest BCUT2D eigenvalue weighted by molar-refractivity contribution is -0.0106. The van der Waals surface area contributed by atoms with Gasteiger partial charge in [-0.1, -0.05) is 0 Å². The Morgan fingerprint density at radius 1 is 0.818 bits per heavy atom. The third-order valence-electron chi connectivity index (χ3n) is 3.04. The zero-order chi connectivity index (χ0) is 16.3. The number of hydrogen-bond acceptors (Lipinski definition) is 8. The van der Waals surface area contributed by atoms with E-state index in [0.717, 1.165) is 0 Å². The van der Waals surface area contributed by atoms with E-state index in [2.05, 4.69) is 0 Å². The number of hydrogen-bond donors (Lipinski definition) is 2. The van der Waals surface area contributed by atoms with Gasteiger partial charge in [0.2, 0.25) is 15.7 Å². The summed E-state index contributed by atoms with van der Waals surface area (Å²) in [6.07, 6.45) is -4.43. The van der Waals surface area contributed by atoms with E-state index >= 15 is 0 Å². The Hall–Kier alpha value is -2.07. The Balaban J connectivity index is 1.86. The molecular formula is C10H14B2N2O8. The summed E-state index contributed by atoms with van der Waals surface area (Å²) in [5.74, 6) is -1.09. The minimum atomic E-state index is -0.899. The molecule has 0 aliphatic carbocycles. The Morgan fingerprint density at radius 2 is 1.18 bits per heavy atom. The number of imide groups is 2. The third-order valence-corrected chi connectivity index (χ3v) is 3.04. The third kappa shape index (κ3) is 3.98. The first kappa shape index (κ1) is 16.3. The lowest BCUT2D eigenvalue weighted by Gasteiger charge is -2.17. The van der Waals surface area contributed by atoms with E-state index in [-0.39, 0.29) is 13.2 Å². The maximum atomic E-state index is 11.4. The van der Waals surface area contributed by atoms with Gasteiger partial charge in [-0.2, -0.15) is 0 Å². The van der Waals surface area contributed by atoms with Gasteiger partial charge in [-0.15, -0.1) is 0 Å². The maximum Gasteiger partial charge on any atom is 0.413 e. The summed E-state index contributed by atoms with van der Waals surface area (Å²) < 4.78 is 20.9. The predicted molar refractivity (Wildman–Crippen MR) is 74.2 cm³/mol. The number of rotatable bonds is 2. The van der Waals surface area contributed by atoms with Crippen LogP contribution in [0.15, 0.2) is 0 Å². The van der Waals surface area contributed by atoms with Crippen molar-refractivity contribution in [1.29, 1.82) is 0 Å². The van der Waals surface area contributed by atoms with Crippen LogP contribution in [0.3, 0.4) is 0 Å². The van der Waals surface area contributed by atoms with Crippen LogP contribution < -0.4 is 10.6 Å². The van der Waals surface area contributed by atoms with Crippen LogP contribution in [-0.4, -0.2) is 77.1 Å². The largest absolute Gasteiger partial charge is 0.441 e. The molecule has 2 aliphatic heterocycles. The van der Waals surface area contributed by atoms with Crippen molar-refractivity contribution in [2.45, 2.75) is 24.4 Å². The van der Waals surface area contributed by atoms with Crippen LogP contribution in [0.2, 0.25) is 0 Å². The van der Waals surface area contributed by atoms with Crippen molar-refractivity contribution in [1.82, 2.24) is 10.6 Å². The van der Waals surface area contributed by atoms with Gasteiger partial charge in [0.1, 0.15) is 12.2 Å². The van der Waals surface area contributed by atoms with Crippen molar-refractivity contribution in [2.75, 3.05) is 13.2 Å². The molecule has 118 valence electrons. The molecule has 10 nitrogen and oxygen atoms in total. The van der Waals surface area contributed by atoms with Gasteiger partial charge < -0.3 is 18.9 Å². The zero-order valence-electron chi connectivity index (χ0n) is 12.0. The molecule has 0 radical (unpaired) electrons. The Bertz CT molecular complexity index is 457. The number of nitrogens with one attached hydrogen (secondary N) is 2. The quantitative estimate of drug-likeness (QED) is 0.534. The van der Waals surface area contributed by atoms with Crippen molar-refractivity contribution >= 4 is 39.5 Å². The smallest absolute Gasteiger partial charge is 0.413 e. The van der Waals surface area contributed by atoms with Crippen LogP contribution in [0.5, 0.6) is 0 Å². The highest BCUT2D eigenvalue weighted by Crippen LogP contribution is 2.30. The number of ether oxygens (including phenoxy) is 4. The zero-order valence-corrected chi connectivity index (χ0v) is 12.0. The van der Waals surface area contributed by atoms with E-state index in [4.69, 9.17) is 18.9 Å². The van der Waals surface area contributed by atoms with Crippen molar-refractivity contribution in [3.63, 3.8) is 0 Å². The van der Waals surface area contributed by atoms with Crippen molar-refractivity contribution < 1.29 is 38.1 Å². The van der Waals surface area contributed by atoms with Gasteiger partial charge in [-0.05, 0) is 0 Å². The average Bonchev–Trinajstić information content (AvgIpc) is 2.92. The minimum absolute atomic E-state index is 0.0504. The lowest BCUT2D eigenvalue weighted by Crippen LogP contribution is -2.40. The second-order valence-corrected chi connectivity index (χ2v) is 4.85. The summed E-state index contributed by atoms with van der Waals surface area (Å²) in [6, 6.07) is 0. The summed E-state index contributed by atoms with van der Waals surface area (Å²) >= 11 is 0. The molecule has 0 bridgehead atoms. The Morgan fingerprint density at radius 3 is 1.50 bits per heavy atom. The van der Waals surface area contributed by atoms with Crippen LogP contribution in [0, 0.1) is 0 Å². The molecule has 2 fully saturated rings. The topological polar surface area (TPSA) is 129 Å². The molecule has 2 saturated heterocycles. The molecule has 0 spiro atoms. The summed E-state index contributed by atoms with van der Waals surface area (Å²) in [5, 5.41) is 3.94. The number of fused-ring (bicyclic) bond motifs is 1. The molecule has 2 aliphatic rings. The highest BCUT2D eigenvalue weighted by atomic mass is 16.7. The second kappa shape index (κ2) is 6.79. The molecule has 2 heterocycles. The van der Waals surface area contributed by atoms with Crippen LogP contribution >= 0.6 is 0 Å². The number of carbonyl (C=O) groups excluding carboxylic acids is 4. The van der Waals surface area contributed by atoms with Crippen LogP contribution in [0.1, 0.15) is 0 Å². The van der Waals surface area contributed by atoms with E-state index in [0.29, 0.717) is 0 Å². The fourth-order valence-corrected chi connectivity index (χ4v) is 2.25. The van der Waals surface area contributed by atoms with Crippen LogP contribution in [-0.2, 0) is 18.9 Å². The summed E-state index contributed by atoms with van der Waals surface area (Å²) in [7, 11) is 2.36. The highest BCUT2D eigenvalue weighted by Gasteiger charge is 2.51. The van der Waals surface area contributed by atoms with Crippen molar-refractivity contribution in [2.24, 2.45) is 0 Å². The minimum Gasteiger partial charge on any atom is -0.441 e. The van der Waals surface area contributed by atoms with Gasteiger partial charge in [-0.3, -0.25) is 20.2 Å². The fourth-order valence-electron chi connectivity index (χ4n) is 2.25. The monoisotopic (exact) mass is 312 g/mol. The van der Waals surface area contributed by atoms with Crippen LogP contribution in [0.4, 0.5) is 19.2 Å². The summed E-state index contributed by atoms with van der Waals surface area (Å²) in [4.78, 5) is 44.3. The summed E-state index contributed by atoms with van der Waals surface area (Å²) in [6.45, 7) is 0.101. The molecule has 0 aromatic carbocycles. The lowest BCUT2D eigenvalue weighted by atomic mass is 10.1. The average molecular weight is 312 g/mol. The first-order valence-electron chi connectivity index (χ1n) is 6.56. The predicted octanol–water partition coefficient (Wildman–Crippen LogP) is -2.52. The van der Waals surface area contributed by atoms with Crippen molar-refractivity contribution in [3.05, 3.63) is 0 Å². The fraction of sp³-hybridized carbons (Fsp3) is 0.600. The first-order valence-corrected chi connectivity index (χ1v) is 6.56. The number of amides is 4. The summed E-state index contributed by atoms with van der Waals surface area (Å²) in [5.41, 5.74) is 0. The SMILES string of the molecule is BC(=O)NC(=O)O[C@H]1CO[C@H]2[C@@H]1OC[C@H]2OC(=O)NC(B)=O. The van der Waals surface area contributed by atoms with Gasteiger partial charge in [0, 0.05) is 0 Å². The molecule has 4 amide bonds.